The summed E-state index contributed by atoms with van der Waals surface area (Å²) in [5.74, 6) is 0.229. The van der Waals surface area contributed by atoms with Crippen molar-refractivity contribution in [2.45, 2.75) is 31.7 Å². The summed E-state index contributed by atoms with van der Waals surface area (Å²) >= 11 is 0.941. The van der Waals surface area contributed by atoms with Crippen LogP contribution in [0, 0.1) is 0 Å². The lowest BCUT2D eigenvalue weighted by atomic mass is 9.98. The maximum absolute atomic E-state index is 12.7. The molecule has 22 heavy (non-hydrogen) atoms. The van der Waals surface area contributed by atoms with Gasteiger partial charge in [-0.15, -0.1) is 0 Å². The normalized spacial score (nSPS) is 14.5. The van der Waals surface area contributed by atoms with Gasteiger partial charge in [0.15, 0.2) is 5.12 Å². The Morgan fingerprint density at radius 2 is 1.95 bits per heavy atom. The summed E-state index contributed by atoms with van der Waals surface area (Å²) in [6.45, 7) is 1.34. The van der Waals surface area contributed by atoms with E-state index in [2.05, 4.69) is 0 Å². The highest BCUT2D eigenvalue weighted by atomic mass is 32.2. The zero-order valence-electron chi connectivity index (χ0n) is 11.6. The van der Waals surface area contributed by atoms with E-state index in [9.17, 15) is 33.0 Å². The van der Waals surface area contributed by atoms with E-state index >= 15 is 0 Å². The van der Waals surface area contributed by atoms with Crippen LogP contribution in [0.4, 0.5) is 13.2 Å². The minimum Gasteiger partial charge on any atom is -0.390 e. The molecule has 2 N–H and O–H groups in total. The van der Waals surface area contributed by atoms with Crippen LogP contribution in [0.15, 0.2) is 18.2 Å². The second-order valence-electron chi connectivity index (χ2n) is 4.64. The van der Waals surface area contributed by atoms with Crippen LogP contribution in [0.5, 0.6) is 0 Å². The van der Waals surface area contributed by atoms with E-state index in [0.29, 0.717) is 12.1 Å². The standard InChI is InChI=1S/C14H15F3O4S/c1-8(19)22-3-2-12(20)13(21)10-4-9(7-18)5-11(6-10)14(15,16)17/h4-7,12-13,20-21H,2-3H2,1H3. The van der Waals surface area contributed by atoms with Gasteiger partial charge in [-0.3, -0.25) is 9.59 Å². The van der Waals surface area contributed by atoms with E-state index in [-0.39, 0.29) is 34.7 Å². The molecule has 0 saturated heterocycles. The predicted molar refractivity (Wildman–Crippen MR) is 75.6 cm³/mol. The molecule has 4 nitrogen and oxygen atoms in total. The molecule has 0 aromatic heterocycles. The number of rotatable bonds is 6. The quantitative estimate of drug-likeness (QED) is 0.781. The van der Waals surface area contributed by atoms with Crippen LogP contribution in [0.1, 0.15) is 40.9 Å². The molecular formula is C14H15F3O4S. The van der Waals surface area contributed by atoms with E-state index in [1.54, 1.807) is 0 Å². The average molecular weight is 336 g/mol. The lowest BCUT2D eigenvalue weighted by molar-refractivity contribution is -0.137. The lowest BCUT2D eigenvalue weighted by Gasteiger charge is -2.19. The maximum Gasteiger partial charge on any atom is 0.416 e. The van der Waals surface area contributed by atoms with Crippen LogP contribution in [0.3, 0.4) is 0 Å². The molecule has 1 rings (SSSR count). The Hall–Kier alpha value is -1.38. The Bertz CT molecular complexity index is 545. The predicted octanol–water partition coefficient (Wildman–Crippen LogP) is 2.58. The van der Waals surface area contributed by atoms with E-state index in [1.165, 1.54) is 6.92 Å². The third kappa shape index (κ3) is 5.43. The minimum absolute atomic E-state index is 0.0259. The van der Waals surface area contributed by atoms with Gasteiger partial charge in [-0.2, -0.15) is 13.2 Å². The molecule has 0 amide bonds. The van der Waals surface area contributed by atoms with Gasteiger partial charge in [0.2, 0.25) is 0 Å². The zero-order valence-corrected chi connectivity index (χ0v) is 12.4. The first-order chi connectivity index (χ1) is 10.1. The van der Waals surface area contributed by atoms with E-state index in [0.717, 1.165) is 17.8 Å². The maximum atomic E-state index is 12.7. The van der Waals surface area contributed by atoms with Gasteiger partial charge in [0.05, 0.1) is 11.7 Å². The molecule has 0 heterocycles. The SMILES string of the molecule is CC(=O)SCCC(O)C(O)c1cc(C=O)cc(C(F)(F)F)c1. The summed E-state index contributed by atoms with van der Waals surface area (Å²) in [5, 5.41) is 19.6. The molecule has 8 heteroatoms. The number of carbonyl (C=O) groups is 2. The molecule has 0 aliphatic heterocycles. The summed E-state index contributed by atoms with van der Waals surface area (Å²) in [5.41, 5.74) is -1.51. The number of alkyl halides is 3. The molecule has 1 aromatic rings. The minimum atomic E-state index is -4.66. The van der Waals surface area contributed by atoms with Crippen LogP contribution in [-0.2, 0) is 11.0 Å². The number of hydrogen-bond acceptors (Lipinski definition) is 5. The molecule has 0 fully saturated rings. The fourth-order valence-corrected chi connectivity index (χ4v) is 2.43. The van der Waals surface area contributed by atoms with Crippen LogP contribution in [0.25, 0.3) is 0 Å². The van der Waals surface area contributed by atoms with Crippen molar-refractivity contribution >= 4 is 23.2 Å². The summed E-state index contributed by atoms with van der Waals surface area (Å²) in [6.07, 6.45) is -7.31. The van der Waals surface area contributed by atoms with Crippen molar-refractivity contribution in [3.63, 3.8) is 0 Å². The van der Waals surface area contributed by atoms with Gasteiger partial charge in [-0.1, -0.05) is 11.8 Å². The fraction of sp³-hybridized carbons (Fsp3) is 0.429. The lowest BCUT2D eigenvalue weighted by Crippen LogP contribution is -2.20. The monoisotopic (exact) mass is 336 g/mol. The van der Waals surface area contributed by atoms with Crippen molar-refractivity contribution in [1.29, 1.82) is 0 Å². The number of carbonyl (C=O) groups excluding carboxylic acids is 2. The third-order valence-electron chi connectivity index (χ3n) is 2.87. The summed E-state index contributed by atoms with van der Waals surface area (Å²) < 4.78 is 38.2. The molecule has 0 aliphatic rings. The summed E-state index contributed by atoms with van der Waals surface area (Å²) in [4.78, 5) is 21.5. The molecular weight excluding hydrogens is 321 g/mol. The van der Waals surface area contributed by atoms with Gasteiger partial charge < -0.3 is 10.2 Å². The summed E-state index contributed by atoms with van der Waals surface area (Å²) in [6, 6.07) is 2.45. The average Bonchev–Trinajstić information content (AvgIpc) is 2.44. The van der Waals surface area contributed by atoms with E-state index in [1.807, 2.05) is 0 Å². The van der Waals surface area contributed by atoms with Gasteiger partial charge in [0.25, 0.3) is 0 Å². The Morgan fingerprint density at radius 1 is 1.32 bits per heavy atom. The van der Waals surface area contributed by atoms with E-state index in [4.69, 9.17) is 0 Å². The molecule has 0 aliphatic carbocycles. The van der Waals surface area contributed by atoms with Crippen molar-refractivity contribution in [1.82, 2.24) is 0 Å². The van der Waals surface area contributed by atoms with Crippen LogP contribution in [0.2, 0.25) is 0 Å². The van der Waals surface area contributed by atoms with Gasteiger partial charge in [0.1, 0.15) is 12.4 Å². The highest BCUT2D eigenvalue weighted by molar-refractivity contribution is 8.13. The van der Waals surface area contributed by atoms with Crippen molar-refractivity contribution in [2.24, 2.45) is 0 Å². The summed E-state index contributed by atoms with van der Waals surface area (Å²) in [7, 11) is 0. The number of thioether (sulfide) groups is 1. The van der Waals surface area contributed by atoms with Crippen LogP contribution >= 0.6 is 11.8 Å². The van der Waals surface area contributed by atoms with Crippen molar-refractivity contribution in [3.8, 4) is 0 Å². The zero-order chi connectivity index (χ0) is 16.9. The Labute approximate surface area is 129 Å². The molecule has 2 unspecified atom stereocenters. The fourth-order valence-electron chi connectivity index (χ4n) is 1.78. The molecule has 2 atom stereocenters. The van der Waals surface area contributed by atoms with Crippen LogP contribution < -0.4 is 0 Å². The number of aliphatic hydroxyl groups is 2. The number of benzene rings is 1. The Kier molecular flexibility index (Phi) is 6.58. The number of hydrogen-bond donors (Lipinski definition) is 2. The number of halogens is 3. The largest absolute Gasteiger partial charge is 0.416 e. The molecule has 122 valence electrons. The molecule has 0 bridgehead atoms. The van der Waals surface area contributed by atoms with Gasteiger partial charge >= 0.3 is 6.18 Å². The molecule has 1 aromatic carbocycles. The second kappa shape index (κ2) is 7.75. The number of aliphatic hydroxyl groups excluding tert-OH is 2. The molecule has 0 spiro atoms. The van der Waals surface area contributed by atoms with Crippen molar-refractivity contribution in [3.05, 3.63) is 34.9 Å². The number of aldehydes is 1. The second-order valence-corrected chi connectivity index (χ2v) is 5.92. The first-order valence-electron chi connectivity index (χ1n) is 6.32. The highest BCUT2D eigenvalue weighted by Crippen LogP contribution is 2.32. The van der Waals surface area contributed by atoms with Crippen molar-refractivity contribution < 1.29 is 33.0 Å². The van der Waals surface area contributed by atoms with Gasteiger partial charge in [-0.05, 0) is 30.2 Å². The Balaban J connectivity index is 2.94. The Morgan fingerprint density at radius 3 is 2.45 bits per heavy atom. The molecule has 0 radical (unpaired) electrons. The first-order valence-corrected chi connectivity index (χ1v) is 7.30. The smallest absolute Gasteiger partial charge is 0.390 e. The third-order valence-corrected chi connectivity index (χ3v) is 3.71. The van der Waals surface area contributed by atoms with E-state index < -0.39 is 23.9 Å². The molecule has 0 saturated carbocycles. The highest BCUT2D eigenvalue weighted by Gasteiger charge is 2.32. The van der Waals surface area contributed by atoms with Crippen LogP contribution in [-0.4, -0.2) is 33.5 Å². The van der Waals surface area contributed by atoms with Crippen molar-refractivity contribution in [2.75, 3.05) is 5.75 Å². The first kappa shape index (κ1) is 18.7. The topological polar surface area (TPSA) is 74.6 Å². The van der Waals surface area contributed by atoms with Gasteiger partial charge in [-0.25, -0.2) is 0 Å². The van der Waals surface area contributed by atoms with Gasteiger partial charge in [0, 0.05) is 18.2 Å².